The molecule has 0 aliphatic carbocycles. The second kappa shape index (κ2) is 6.13. The maximum Gasteiger partial charge on any atom is 0.279 e. The number of hydrogen-bond acceptors (Lipinski definition) is 3. The van der Waals surface area contributed by atoms with E-state index in [1.807, 2.05) is 0 Å². The number of benzene rings is 1. The lowest BCUT2D eigenvalue weighted by molar-refractivity contribution is -0.118. The third kappa shape index (κ3) is 3.96. The lowest BCUT2D eigenvalue weighted by Crippen LogP contribution is -2.47. The summed E-state index contributed by atoms with van der Waals surface area (Å²) in [4.78, 5) is 13.6. The number of sulfone groups is 1. The first-order valence-corrected chi connectivity index (χ1v) is 9.30. The summed E-state index contributed by atoms with van der Waals surface area (Å²) in [6.45, 7) is 0. The molecular formula is C12H11Cl4NO3S. The Morgan fingerprint density at radius 3 is 2.33 bits per heavy atom. The molecule has 0 saturated carbocycles. The lowest BCUT2D eigenvalue weighted by atomic mass is 10.2. The number of para-hydroxylation sites is 1. The molecule has 1 fully saturated rings. The molecule has 1 atom stereocenters. The Morgan fingerprint density at radius 2 is 1.86 bits per heavy atom. The molecule has 0 radical (unpaired) electrons. The van der Waals surface area contributed by atoms with Crippen LogP contribution < -0.4 is 4.90 Å². The molecule has 0 bridgehead atoms. The van der Waals surface area contributed by atoms with E-state index in [1.165, 1.54) is 4.90 Å². The molecule has 1 aromatic carbocycles. The zero-order valence-corrected chi connectivity index (χ0v) is 14.4. The summed E-state index contributed by atoms with van der Waals surface area (Å²) in [5.74, 6) is -1.00. The molecule has 1 unspecified atom stereocenters. The molecule has 0 aromatic heterocycles. The van der Waals surface area contributed by atoms with Crippen molar-refractivity contribution in [2.24, 2.45) is 0 Å². The van der Waals surface area contributed by atoms with Crippen LogP contribution in [0.4, 0.5) is 5.69 Å². The smallest absolute Gasteiger partial charge is 0.279 e. The second-order valence-corrected chi connectivity index (χ2v) is 9.60. The van der Waals surface area contributed by atoms with Crippen molar-refractivity contribution >= 4 is 67.8 Å². The Balaban J connectivity index is 2.46. The number of rotatable bonds is 2. The molecule has 1 amide bonds. The molecule has 9 heteroatoms. The Kier molecular flexibility index (Phi) is 5.01. The van der Waals surface area contributed by atoms with E-state index >= 15 is 0 Å². The summed E-state index contributed by atoms with van der Waals surface area (Å²) >= 11 is 23.1. The molecule has 4 nitrogen and oxygen atoms in total. The van der Waals surface area contributed by atoms with Gasteiger partial charge < -0.3 is 4.90 Å². The predicted molar refractivity (Wildman–Crippen MR) is 86.3 cm³/mol. The zero-order chi connectivity index (χ0) is 15.8. The van der Waals surface area contributed by atoms with Crippen molar-refractivity contribution in [2.45, 2.75) is 16.3 Å². The zero-order valence-electron chi connectivity index (χ0n) is 10.6. The van der Waals surface area contributed by atoms with Gasteiger partial charge in [0.05, 0.1) is 28.3 Å². The van der Waals surface area contributed by atoms with Crippen molar-refractivity contribution in [1.82, 2.24) is 0 Å². The Hall–Kier alpha value is -0.200. The molecule has 1 aromatic rings. The van der Waals surface area contributed by atoms with E-state index in [-0.39, 0.29) is 22.9 Å². The highest BCUT2D eigenvalue weighted by Gasteiger charge is 2.43. The minimum Gasteiger partial charge on any atom is -0.303 e. The Morgan fingerprint density at radius 1 is 1.24 bits per heavy atom. The van der Waals surface area contributed by atoms with Crippen LogP contribution >= 0.6 is 46.4 Å². The Bertz CT molecular complexity index is 657. The minimum atomic E-state index is -3.21. The van der Waals surface area contributed by atoms with E-state index in [0.717, 1.165) is 0 Å². The van der Waals surface area contributed by atoms with Gasteiger partial charge in [0.25, 0.3) is 9.70 Å². The van der Waals surface area contributed by atoms with E-state index in [9.17, 15) is 13.2 Å². The monoisotopic (exact) mass is 389 g/mol. The van der Waals surface area contributed by atoms with Gasteiger partial charge in [-0.1, -0.05) is 58.5 Å². The van der Waals surface area contributed by atoms with E-state index in [0.29, 0.717) is 5.69 Å². The maximum absolute atomic E-state index is 12.4. The fourth-order valence-electron chi connectivity index (χ4n) is 2.23. The van der Waals surface area contributed by atoms with Crippen molar-refractivity contribution < 1.29 is 13.2 Å². The fourth-order valence-corrected chi connectivity index (χ4v) is 4.43. The summed E-state index contributed by atoms with van der Waals surface area (Å²) in [7, 11) is -3.21. The quantitative estimate of drug-likeness (QED) is 0.728. The van der Waals surface area contributed by atoms with Gasteiger partial charge in [-0.2, -0.15) is 0 Å². The first-order chi connectivity index (χ1) is 9.62. The van der Waals surface area contributed by atoms with Gasteiger partial charge >= 0.3 is 0 Å². The minimum absolute atomic E-state index is 0.00818. The van der Waals surface area contributed by atoms with Crippen LogP contribution in [0, 0.1) is 0 Å². The van der Waals surface area contributed by atoms with Crippen molar-refractivity contribution in [1.29, 1.82) is 0 Å². The van der Waals surface area contributed by atoms with Crippen LogP contribution in [-0.2, 0) is 14.6 Å². The number of amides is 1. The van der Waals surface area contributed by atoms with Gasteiger partial charge in [-0.3, -0.25) is 4.79 Å². The Labute approximate surface area is 142 Å². The van der Waals surface area contributed by atoms with Gasteiger partial charge in [-0.05, 0) is 18.6 Å². The van der Waals surface area contributed by atoms with Gasteiger partial charge in [-0.25, -0.2) is 8.42 Å². The topological polar surface area (TPSA) is 54.5 Å². The van der Waals surface area contributed by atoms with Crippen LogP contribution in [0.2, 0.25) is 5.02 Å². The summed E-state index contributed by atoms with van der Waals surface area (Å²) in [6.07, 6.45) is 0.278. The van der Waals surface area contributed by atoms with Gasteiger partial charge in [0, 0.05) is 0 Å². The van der Waals surface area contributed by atoms with E-state index < -0.39 is 25.6 Å². The molecular weight excluding hydrogens is 380 g/mol. The molecule has 0 spiro atoms. The maximum atomic E-state index is 12.4. The number of anilines is 1. The van der Waals surface area contributed by atoms with Gasteiger partial charge in [0.1, 0.15) is 0 Å². The number of halogens is 4. The molecule has 21 heavy (non-hydrogen) atoms. The molecule has 1 aliphatic heterocycles. The summed E-state index contributed by atoms with van der Waals surface area (Å²) in [5.41, 5.74) is 0.331. The van der Waals surface area contributed by atoms with Crippen LogP contribution in [0.5, 0.6) is 0 Å². The highest BCUT2D eigenvalue weighted by molar-refractivity contribution is 7.91. The van der Waals surface area contributed by atoms with Crippen LogP contribution in [-0.4, -0.2) is 35.7 Å². The number of carbonyl (C=O) groups excluding carboxylic acids is 1. The van der Waals surface area contributed by atoms with Gasteiger partial charge in [0.2, 0.25) is 0 Å². The third-order valence-corrected chi connectivity index (χ3v) is 5.70. The SMILES string of the molecule is O=C(N(c1ccccc1Cl)C1CCS(=O)(=O)C1)C(Cl)(Cl)Cl. The summed E-state index contributed by atoms with van der Waals surface area (Å²) in [5, 5.41) is 0.282. The van der Waals surface area contributed by atoms with Crippen LogP contribution in [0.15, 0.2) is 24.3 Å². The second-order valence-electron chi connectivity index (χ2n) is 4.68. The summed E-state index contributed by atoms with van der Waals surface area (Å²) < 4.78 is 21.1. The molecule has 0 N–H and O–H groups in total. The van der Waals surface area contributed by atoms with Crippen molar-refractivity contribution in [3.05, 3.63) is 29.3 Å². The highest BCUT2D eigenvalue weighted by Crippen LogP contribution is 2.36. The number of hydrogen-bond donors (Lipinski definition) is 0. The van der Waals surface area contributed by atoms with E-state index in [2.05, 4.69) is 0 Å². The number of alkyl halides is 3. The molecule has 2 rings (SSSR count). The highest BCUT2D eigenvalue weighted by atomic mass is 35.6. The molecule has 1 saturated heterocycles. The number of nitrogens with zero attached hydrogens (tertiary/aromatic N) is 1. The molecule has 1 aliphatic rings. The standard InChI is InChI=1S/C12H11Cl4NO3S/c13-9-3-1-2-4-10(9)17(11(18)12(14,15)16)8-5-6-21(19,20)7-8/h1-4,8H,5-7H2. The molecule has 1 heterocycles. The largest absolute Gasteiger partial charge is 0.303 e. The average Bonchev–Trinajstić information content (AvgIpc) is 2.71. The van der Waals surface area contributed by atoms with Crippen LogP contribution in [0.25, 0.3) is 0 Å². The normalized spacial score (nSPS) is 21.2. The molecule has 116 valence electrons. The lowest BCUT2D eigenvalue weighted by Gasteiger charge is -2.31. The van der Waals surface area contributed by atoms with E-state index in [4.69, 9.17) is 46.4 Å². The number of carbonyl (C=O) groups is 1. The van der Waals surface area contributed by atoms with Crippen molar-refractivity contribution in [3.8, 4) is 0 Å². The average molecular weight is 391 g/mol. The van der Waals surface area contributed by atoms with Crippen LogP contribution in [0.1, 0.15) is 6.42 Å². The van der Waals surface area contributed by atoms with E-state index in [1.54, 1.807) is 24.3 Å². The third-order valence-electron chi connectivity index (χ3n) is 3.15. The van der Waals surface area contributed by atoms with Crippen molar-refractivity contribution in [2.75, 3.05) is 16.4 Å². The fraction of sp³-hybridized carbons (Fsp3) is 0.417. The predicted octanol–water partition coefficient (Wildman–Crippen LogP) is 3.23. The van der Waals surface area contributed by atoms with Crippen molar-refractivity contribution in [3.63, 3.8) is 0 Å². The van der Waals surface area contributed by atoms with Gasteiger partial charge in [-0.15, -0.1) is 0 Å². The summed E-state index contributed by atoms with van der Waals surface area (Å²) in [6, 6.07) is 5.93. The first-order valence-electron chi connectivity index (χ1n) is 5.97. The van der Waals surface area contributed by atoms with Crippen LogP contribution in [0.3, 0.4) is 0 Å². The van der Waals surface area contributed by atoms with Gasteiger partial charge in [0.15, 0.2) is 9.84 Å². The first kappa shape index (κ1) is 17.2.